The van der Waals surface area contributed by atoms with Crippen molar-refractivity contribution in [3.05, 3.63) is 17.5 Å². The first-order chi connectivity index (χ1) is 8.59. The minimum atomic E-state index is -3.40. The predicted octanol–water partition coefficient (Wildman–Crippen LogP) is 1.30. The Morgan fingerprint density at radius 3 is 2.84 bits per heavy atom. The van der Waals surface area contributed by atoms with Gasteiger partial charge < -0.3 is 10.5 Å². The molecule has 0 bridgehead atoms. The molecule has 19 heavy (non-hydrogen) atoms. The monoisotopic (exact) mass is 326 g/mol. The van der Waals surface area contributed by atoms with Crippen LogP contribution in [0.3, 0.4) is 0 Å². The Bertz CT molecular complexity index is 478. The van der Waals surface area contributed by atoms with Crippen LogP contribution in [0.4, 0.5) is 0 Å². The molecule has 8 heteroatoms. The van der Waals surface area contributed by atoms with E-state index in [9.17, 15) is 8.42 Å². The van der Waals surface area contributed by atoms with Gasteiger partial charge in [-0.05, 0) is 24.3 Å². The summed E-state index contributed by atoms with van der Waals surface area (Å²) in [5, 5.41) is 1.77. The van der Waals surface area contributed by atoms with E-state index in [-0.39, 0.29) is 24.6 Å². The molecule has 2 N–H and O–H groups in total. The van der Waals surface area contributed by atoms with E-state index in [1.54, 1.807) is 24.6 Å². The summed E-state index contributed by atoms with van der Waals surface area (Å²) in [4.78, 5) is 0. The number of methoxy groups -OCH3 is 1. The summed E-state index contributed by atoms with van der Waals surface area (Å²) in [6, 6.07) is 3.21. The average molecular weight is 327 g/mol. The van der Waals surface area contributed by atoms with Crippen LogP contribution < -0.4 is 5.73 Å². The molecule has 1 fully saturated rings. The summed E-state index contributed by atoms with van der Waals surface area (Å²) in [5.41, 5.74) is 5.70. The Morgan fingerprint density at radius 1 is 1.58 bits per heavy atom. The largest absolute Gasteiger partial charge is 0.381 e. The van der Waals surface area contributed by atoms with Gasteiger partial charge in [0, 0.05) is 26.2 Å². The molecule has 1 aromatic heterocycles. The van der Waals surface area contributed by atoms with Gasteiger partial charge in [0.1, 0.15) is 4.21 Å². The highest BCUT2D eigenvalue weighted by atomic mass is 35.5. The lowest BCUT2D eigenvalue weighted by Crippen LogP contribution is -2.50. The lowest BCUT2D eigenvalue weighted by Gasteiger charge is -2.37. The average Bonchev–Trinajstić information content (AvgIpc) is 2.92. The zero-order chi connectivity index (χ0) is 13.2. The quantitative estimate of drug-likeness (QED) is 0.905. The molecular formula is C11H19ClN2O3S2. The van der Waals surface area contributed by atoms with E-state index in [0.29, 0.717) is 23.7 Å². The zero-order valence-electron chi connectivity index (χ0n) is 10.7. The van der Waals surface area contributed by atoms with Gasteiger partial charge in [-0.15, -0.1) is 23.7 Å². The number of ether oxygens (including phenoxy) is 1. The predicted molar refractivity (Wildman–Crippen MR) is 78.3 cm³/mol. The van der Waals surface area contributed by atoms with Crippen molar-refractivity contribution in [2.45, 2.75) is 29.2 Å². The van der Waals surface area contributed by atoms with Crippen molar-refractivity contribution in [2.24, 2.45) is 5.73 Å². The van der Waals surface area contributed by atoms with Gasteiger partial charge in [0.15, 0.2) is 0 Å². The first-order valence-corrected chi connectivity index (χ1v) is 8.19. The van der Waals surface area contributed by atoms with Crippen molar-refractivity contribution in [3.63, 3.8) is 0 Å². The number of piperidine rings is 1. The van der Waals surface area contributed by atoms with Crippen molar-refractivity contribution in [1.82, 2.24) is 4.31 Å². The van der Waals surface area contributed by atoms with Crippen molar-refractivity contribution >= 4 is 33.8 Å². The molecule has 0 aromatic carbocycles. The van der Waals surface area contributed by atoms with Crippen LogP contribution in [-0.2, 0) is 14.8 Å². The van der Waals surface area contributed by atoms with E-state index in [1.165, 1.54) is 15.6 Å². The Morgan fingerprint density at radius 2 is 2.32 bits per heavy atom. The van der Waals surface area contributed by atoms with E-state index in [1.807, 2.05) is 0 Å². The molecule has 2 rings (SSSR count). The van der Waals surface area contributed by atoms with Gasteiger partial charge in [0.25, 0.3) is 10.0 Å². The normalized spacial score (nSPS) is 24.9. The van der Waals surface area contributed by atoms with Crippen LogP contribution in [0.1, 0.15) is 12.8 Å². The highest BCUT2D eigenvalue weighted by molar-refractivity contribution is 7.91. The summed E-state index contributed by atoms with van der Waals surface area (Å²) in [6.07, 6.45) is 1.49. The van der Waals surface area contributed by atoms with Crippen LogP contribution in [-0.4, -0.2) is 45.1 Å². The highest BCUT2D eigenvalue weighted by Gasteiger charge is 2.36. The molecule has 110 valence electrons. The number of rotatable bonds is 4. The molecule has 0 radical (unpaired) electrons. The highest BCUT2D eigenvalue weighted by Crippen LogP contribution is 2.28. The van der Waals surface area contributed by atoms with Gasteiger partial charge in [-0.2, -0.15) is 4.31 Å². The molecule has 0 spiro atoms. The molecule has 1 aliphatic heterocycles. The van der Waals surface area contributed by atoms with Gasteiger partial charge in [0.2, 0.25) is 0 Å². The number of hydrogen-bond acceptors (Lipinski definition) is 5. The third-order valence-corrected chi connectivity index (χ3v) is 6.60. The SMILES string of the molecule is COC1CCN(S(=O)(=O)c2cccs2)C(CN)C1.Cl. The van der Waals surface area contributed by atoms with E-state index >= 15 is 0 Å². The fraction of sp³-hybridized carbons (Fsp3) is 0.636. The van der Waals surface area contributed by atoms with Crippen LogP contribution in [0.2, 0.25) is 0 Å². The topological polar surface area (TPSA) is 72.6 Å². The molecular weight excluding hydrogens is 308 g/mol. The Balaban J connectivity index is 0.00000180. The molecule has 0 amide bonds. The van der Waals surface area contributed by atoms with Crippen LogP contribution in [0.5, 0.6) is 0 Å². The Labute approximate surface area is 124 Å². The maximum Gasteiger partial charge on any atom is 0.252 e. The molecule has 5 nitrogen and oxygen atoms in total. The lowest BCUT2D eigenvalue weighted by molar-refractivity contribution is 0.0402. The molecule has 0 saturated carbocycles. The minimum absolute atomic E-state index is 0. The molecule has 0 aliphatic carbocycles. The summed E-state index contributed by atoms with van der Waals surface area (Å²) in [6.45, 7) is 0.797. The van der Waals surface area contributed by atoms with Gasteiger partial charge in [-0.3, -0.25) is 0 Å². The summed E-state index contributed by atoms with van der Waals surface area (Å²) >= 11 is 1.24. The van der Waals surface area contributed by atoms with Crippen molar-refractivity contribution in [1.29, 1.82) is 0 Å². The fourth-order valence-electron chi connectivity index (χ4n) is 2.26. The Kier molecular flexibility index (Phi) is 6.22. The third kappa shape index (κ3) is 3.48. The molecule has 2 heterocycles. The Hall–Kier alpha value is -0.180. The molecule has 2 atom stereocenters. The molecule has 2 unspecified atom stereocenters. The number of thiophene rings is 1. The molecule has 1 saturated heterocycles. The van der Waals surface area contributed by atoms with Crippen molar-refractivity contribution < 1.29 is 13.2 Å². The third-order valence-electron chi connectivity index (χ3n) is 3.28. The standard InChI is InChI=1S/C11H18N2O3S2.ClH/c1-16-10-4-5-13(9(7-10)8-12)18(14,15)11-3-2-6-17-11;/h2-3,6,9-10H,4-5,7-8,12H2,1H3;1H. The van der Waals surface area contributed by atoms with E-state index in [4.69, 9.17) is 10.5 Å². The minimum Gasteiger partial charge on any atom is -0.381 e. The molecule has 1 aromatic rings. The maximum atomic E-state index is 12.5. The summed E-state index contributed by atoms with van der Waals surface area (Å²) in [5.74, 6) is 0. The van der Waals surface area contributed by atoms with Gasteiger partial charge >= 0.3 is 0 Å². The second-order valence-electron chi connectivity index (χ2n) is 4.32. The van der Waals surface area contributed by atoms with Crippen molar-refractivity contribution in [3.8, 4) is 0 Å². The smallest absolute Gasteiger partial charge is 0.252 e. The zero-order valence-corrected chi connectivity index (χ0v) is 13.1. The van der Waals surface area contributed by atoms with Crippen LogP contribution >= 0.6 is 23.7 Å². The number of hydrogen-bond donors (Lipinski definition) is 1. The fourth-order valence-corrected chi connectivity index (χ4v) is 5.04. The van der Waals surface area contributed by atoms with E-state index in [0.717, 1.165) is 6.42 Å². The first-order valence-electron chi connectivity index (χ1n) is 5.87. The number of sulfonamides is 1. The van der Waals surface area contributed by atoms with Gasteiger partial charge in [-0.25, -0.2) is 8.42 Å². The van der Waals surface area contributed by atoms with Gasteiger partial charge in [-0.1, -0.05) is 6.07 Å². The lowest BCUT2D eigenvalue weighted by atomic mass is 10.0. The maximum absolute atomic E-state index is 12.5. The number of nitrogens with two attached hydrogens (primary N) is 1. The van der Waals surface area contributed by atoms with E-state index in [2.05, 4.69) is 0 Å². The second kappa shape index (κ2) is 7.01. The van der Waals surface area contributed by atoms with Gasteiger partial charge in [0.05, 0.1) is 6.10 Å². The van der Waals surface area contributed by atoms with E-state index < -0.39 is 10.0 Å². The van der Waals surface area contributed by atoms with Crippen LogP contribution in [0, 0.1) is 0 Å². The summed E-state index contributed by atoms with van der Waals surface area (Å²) < 4.78 is 32.1. The number of halogens is 1. The summed E-state index contributed by atoms with van der Waals surface area (Å²) in [7, 11) is -1.74. The number of nitrogens with zero attached hydrogens (tertiary/aromatic N) is 1. The van der Waals surface area contributed by atoms with Crippen LogP contribution in [0.15, 0.2) is 21.7 Å². The first kappa shape index (κ1) is 16.9. The second-order valence-corrected chi connectivity index (χ2v) is 7.38. The van der Waals surface area contributed by atoms with Crippen LogP contribution in [0.25, 0.3) is 0 Å². The molecule has 1 aliphatic rings. The van der Waals surface area contributed by atoms with Crippen molar-refractivity contribution in [2.75, 3.05) is 20.2 Å².